The van der Waals surface area contributed by atoms with E-state index in [9.17, 15) is 9.59 Å². The summed E-state index contributed by atoms with van der Waals surface area (Å²) < 4.78 is 7.01. The van der Waals surface area contributed by atoms with Crippen molar-refractivity contribution in [1.29, 1.82) is 0 Å². The summed E-state index contributed by atoms with van der Waals surface area (Å²) in [4.78, 5) is 27.9. The highest BCUT2D eigenvalue weighted by Gasteiger charge is 2.13. The van der Waals surface area contributed by atoms with Crippen molar-refractivity contribution in [3.05, 3.63) is 70.7 Å². The lowest BCUT2D eigenvalue weighted by Crippen LogP contribution is -2.14. The largest absolute Gasteiger partial charge is 0.465 e. The van der Waals surface area contributed by atoms with Crippen LogP contribution in [0.1, 0.15) is 20.7 Å². The number of rotatable bonds is 4. The number of ether oxygens (including phenoxy) is 1. The molecule has 8 heteroatoms. The van der Waals surface area contributed by atoms with Crippen LogP contribution in [0.15, 0.2) is 59.6 Å². The monoisotopic (exact) mass is 400 g/mol. The molecule has 3 aromatic rings. The molecule has 1 aromatic heterocycles. The van der Waals surface area contributed by atoms with Crippen LogP contribution in [0.4, 0.5) is 5.69 Å². The molecule has 1 amide bonds. The maximum absolute atomic E-state index is 12.5. The number of hydrogen-bond donors (Lipinski definition) is 1. The molecular weight excluding hydrogens is 388 g/mol. The fraction of sp³-hybridized carbons (Fsp3) is 0.0588. The maximum Gasteiger partial charge on any atom is 0.337 e. The Morgan fingerprint density at radius 3 is 2.48 bits per heavy atom. The molecule has 0 aliphatic heterocycles. The van der Waals surface area contributed by atoms with Crippen molar-refractivity contribution in [3.63, 3.8) is 0 Å². The Bertz CT molecular complexity index is 908. The highest BCUT2D eigenvalue weighted by atomic mass is 79.9. The third-order valence-electron chi connectivity index (χ3n) is 3.44. The zero-order valence-corrected chi connectivity index (χ0v) is 14.7. The number of esters is 1. The van der Waals surface area contributed by atoms with Crippen LogP contribution in [0.3, 0.4) is 0 Å². The van der Waals surface area contributed by atoms with E-state index in [2.05, 4.69) is 36.1 Å². The van der Waals surface area contributed by atoms with E-state index in [0.29, 0.717) is 22.5 Å². The first kappa shape index (κ1) is 16.8. The van der Waals surface area contributed by atoms with Gasteiger partial charge in [-0.2, -0.15) is 5.10 Å². The number of carbonyl (C=O) groups is 2. The molecule has 0 spiro atoms. The van der Waals surface area contributed by atoms with E-state index in [4.69, 9.17) is 0 Å². The van der Waals surface area contributed by atoms with Gasteiger partial charge in [-0.05, 0) is 42.5 Å². The summed E-state index contributed by atoms with van der Waals surface area (Å²) in [5.74, 6) is -0.761. The number of hydrogen-bond acceptors (Lipinski definition) is 5. The number of halogens is 1. The van der Waals surface area contributed by atoms with Crippen molar-refractivity contribution >= 4 is 33.5 Å². The molecule has 126 valence electrons. The number of amides is 1. The lowest BCUT2D eigenvalue weighted by molar-refractivity contribution is 0.0600. The Morgan fingerprint density at radius 1 is 1.12 bits per heavy atom. The van der Waals surface area contributed by atoms with Crippen LogP contribution >= 0.6 is 15.9 Å². The minimum atomic E-state index is -0.451. The van der Waals surface area contributed by atoms with Gasteiger partial charge in [0, 0.05) is 10.0 Å². The third-order valence-corrected chi connectivity index (χ3v) is 3.93. The zero-order chi connectivity index (χ0) is 17.8. The normalized spacial score (nSPS) is 10.3. The van der Waals surface area contributed by atoms with Crippen LogP contribution < -0.4 is 5.32 Å². The van der Waals surface area contributed by atoms with E-state index in [1.165, 1.54) is 13.4 Å². The van der Waals surface area contributed by atoms with E-state index >= 15 is 0 Å². The van der Waals surface area contributed by atoms with Gasteiger partial charge in [-0.25, -0.2) is 14.5 Å². The second-order valence-corrected chi connectivity index (χ2v) is 5.94. The molecule has 0 bridgehead atoms. The highest BCUT2D eigenvalue weighted by molar-refractivity contribution is 9.10. The molecular formula is C17H13BrN4O3. The van der Waals surface area contributed by atoms with Crippen LogP contribution in [-0.2, 0) is 4.74 Å². The highest BCUT2D eigenvalue weighted by Crippen LogP contribution is 2.25. The zero-order valence-electron chi connectivity index (χ0n) is 13.1. The van der Waals surface area contributed by atoms with Crippen LogP contribution in [-0.4, -0.2) is 33.8 Å². The van der Waals surface area contributed by atoms with Crippen LogP contribution in [0.5, 0.6) is 0 Å². The fourth-order valence-corrected chi connectivity index (χ4v) is 2.57. The smallest absolute Gasteiger partial charge is 0.337 e. The summed E-state index contributed by atoms with van der Waals surface area (Å²) in [6, 6.07) is 11.6. The molecule has 0 unspecified atom stereocenters. The predicted octanol–water partition coefficient (Wildman–Crippen LogP) is 3.07. The Labute approximate surface area is 151 Å². The predicted molar refractivity (Wildman–Crippen MR) is 94.8 cm³/mol. The van der Waals surface area contributed by atoms with E-state index < -0.39 is 5.97 Å². The molecule has 0 fully saturated rings. The first-order valence-electron chi connectivity index (χ1n) is 7.23. The van der Waals surface area contributed by atoms with Crippen LogP contribution in [0.25, 0.3) is 5.69 Å². The molecule has 0 saturated heterocycles. The molecule has 0 radical (unpaired) electrons. The number of nitrogens with one attached hydrogen (secondary N) is 1. The van der Waals surface area contributed by atoms with Crippen molar-refractivity contribution in [2.24, 2.45) is 0 Å². The fourth-order valence-electron chi connectivity index (χ4n) is 2.21. The summed E-state index contributed by atoms with van der Waals surface area (Å²) in [6.45, 7) is 0. The van der Waals surface area contributed by atoms with Gasteiger partial charge >= 0.3 is 5.97 Å². The molecule has 1 heterocycles. The molecule has 0 aliphatic rings. The van der Waals surface area contributed by atoms with Gasteiger partial charge in [0.15, 0.2) is 0 Å². The van der Waals surface area contributed by atoms with Crippen molar-refractivity contribution in [1.82, 2.24) is 14.8 Å². The molecule has 0 atom stereocenters. The van der Waals surface area contributed by atoms with Crippen molar-refractivity contribution in [3.8, 4) is 5.69 Å². The second-order valence-electron chi connectivity index (χ2n) is 5.02. The molecule has 2 aromatic carbocycles. The van der Waals surface area contributed by atoms with E-state index in [-0.39, 0.29) is 5.91 Å². The summed E-state index contributed by atoms with van der Waals surface area (Å²) in [5, 5.41) is 6.93. The first-order valence-corrected chi connectivity index (χ1v) is 8.02. The topological polar surface area (TPSA) is 86.1 Å². The van der Waals surface area contributed by atoms with Gasteiger partial charge in [-0.15, -0.1) is 0 Å². The van der Waals surface area contributed by atoms with Crippen molar-refractivity contribution < 1.29 is 14.3 Å². The first-order chi connectivity index (χ1) is 12.1. The SMILES string of the molecule is COC(=O)c1ccc(C(=O)Nc2cc(Br)ccc2-n2cncn2)cc1. The van der Waals surface area contributed by atoms with E-state index in [1.54, 1.807) is 41.3 Å². The molecule has 7 nitrogen and oxygen atoms in total. The standard InChI is InChI=1S/C17H13BrN4O3/c1-25-17(24)12-4-2-11(3-5-12)16(23)21-14-8-13(18)6-7-15(14)22-10-19-9-20-22/h2-10H,1H3,(H,21,23). The molecule has 25 heavy (non-hydrogen) atoms. The Kier molecular flexibility index (Phi) is 4.90. The molecule has 1 N–H and O–H groups in total. The summed E-state index contributed by atoms with van der Waals surface area (Å²) in [7, 11) is 1.31. The summed E-state index contributed by atoms with van der Waals surface area (Å²) in [6.07, 6.45) is 2.96. The number of carbonyl (C=O) groups excluding carboxylic acids is 2. The average molecular weight is 401 g/mol. The van der Waals surface area contributed by atoms with Gasteiger partial charge in [-0.1, -0.05) is 15.9 Å². The van der Waals surface area contributed by atoms with Crippen LogP contribution in [0, 0.1) is 0 Å². The number of benzene rings is 2. The van der Waals surface area contributed by atoms with Gasteiger partial charge in [0.05, 0.1) is 24.0 Å². The number of anilines is 1. The lowest BCUT2D eigenvalue weighted by Gasteiger charge is -2.11. The van der Waals surface area contributed by atoms with Gasteiger partial charge in [0.25, 0.3) is 5.91 Å². The van der Waals surface area contributed by atoms with Crippen molar-refractivity contribution in [2.75, 3.05) is 12.4 Å². The van der Waals surface area contributed by atoms with Gasteiger partial charge in [0.1, 0.15) is 12.7 Å². The van der Waals surface area contributed by atoms with Gasteiger partial charge in [-0.3, -0.25) is 4.79 Å². The average Bonchev–Trinajstić information content (AvgIpc) is 3.15. The lowest BCUT2D eigenvalue weighted by atomic mass is 10.1. The minimum absolute atomic E-state index is 0.309. The van der Waals surface area contributed by atoms with E-state index in [0.717, 1.165) is 4.47 Å². The number of aromatic nitrogens is 3. The Morgan fingerprint density at radius 2 is 1.84 bits per heavy atom. The maximum atomic E-state index is 12.5. The quantitative estimate of drug-likeness (QED) is 0.680. The van der Waals surface area contributed by atoms with Gasteiger partial charge < -0.3 is 10.1 Å². The summed E-state index contributed by atoms with van der Waals surface area (Å²) in [5.41, 5.74) is 2.05. The Hall–Kier alpha value is -3.00. The number of methoxy groups -OCH3 is 1. The molecule has 3 rings (SSSR count). The molecule has 0 saturated carbocycles. The van der Waals surface area contributed by atoms with Crippen LogP contribution in [0.2, 0.25) is 0 Å². The number of nitrogens with zero attached hydrogens (tertiary/aromatic N) is 3. The Balaban J connectivity index is 1.86. The summed E-state index contributed by atoms with van der Waals surface area (Å²) >= 11 is 3.39. The molecule has 0 aliphatic carbocycles. The van der Waals surface area contributed by atoms with Gasteiger partial charge in [0.2, 0.25) is 0 Å². The van der Waals surface area contributed by atoms with E-state index in [1.807, 2.05) is 12.1 Å². The van der Waals surface area contributed by atoms with Crippen molar-refractivity contribution in [2.45, 2.75) is 0 Å². The second kappa shape index (κ2) is 7.27. The third kappa shape index (κ3) is 3.74. The minimum Gasteiger partial charge on any atom is -0.465 e.